The summed E-state index contributed by atoms with van der Waals surface area (Å²) in [5.41, 5.74) is 26.1. The van der Waals surface area contributed by atoms with E-state index >= 15 is 0 Å². The van der Waals surface area contributed by atoms with Crippen molar-refractivity contribution >= 4 is 17.1 Å². The maximum Gasteiger partial charge on any atom is 0.0543 e. The van der Waals surface area contributed by atoms with Gasteiger partial charge in [0.1, 0.15) is 0 Å². The monoisotopic (exact) mass is 960 g/mol. The Bertz CT molecular complexity index is 3140. The second-order valence-corrected chi connectivity index (χ2v) is 18.6. The largest absolute Gasteiger partial charge is 0.310 e. The van der Waals surface area contributed by atoms with Crippen LogP contribution in [0.5, 0.6) is 0 Å². The van der Waals surface area contributed by atoms with Gasteiger partial charge in [-0.1, -0.05) is 252 Å². The van der Waals surface area contributed by atoms with Crippen molar-refractivity contribution in [3.8, 4) is 55.6 Å². The van der Waals surface area contributed by atoms with E-state index in [2.05, 4.69) is 216 Å². The van der Waals surface area contributed by atoms with Gasteiger partial charge in [-0.3, -0.25) is 0 Å². The Hall–Kier alpha value is -7.22. The Morgan fingerprint density at radius 3 is 1.44 bits per heavy atom. The van der Waals surface area contributed by atoms with E-state index < -0.39 is 0 Å². The minimum atomic E-state index is -0.0643. The van der Waals surface area contributed by atoms with Crippen molar-refractivity contribution < 1.29 is 0 Å². The third-order valence-corrected chi connectivity index (χ3v) is 14.2. The zero-order valence-electron chi connectivity index (χ0n) is 46.6. The predicted molar refractivity (Wildman–Crippen MR) is 323 cm³/mol. The van der Waals surface area contributed by atoms with Crippen LogP contribution < -0.4 is 4.90 Å². The molecule has 2 aliphatic rings. The van der Waals surface area contributed by atoms with E-state index in [4.69, 9.17) is 0 Å². The Labute approximate surface area is 441 Å². The molecule has 0 spiro atoms. The van der Waals surface area contributed by atoms with E-state index in [1.807, 2.05) is 91.8 Å². The highest BCUT2D eigenvalue weighted by atomic mass is 15.1. The lowest BCUT2D eigenvalue weighted by Gasteiger charge is -2.31. The van der Waals surface area contributed by atoms with Gasteiger partial charge in [-0.25, -0.2) is 0 Å². The van der Waals surface area contributed by atoms with Gasteiger partial charge in [0.25, 0.3) is 0 Å². The molecule has 1 heteroatoms. The van der Waals surface area contributed by atoms with E-state index in [-0.39, 0.29) is 5.41 Å². The molecule has 0 aromatic heterocycles. The van der Waals surface area contributed by atoms with Crippen LogP contribution in [0.25, 0.3) is 55.6 Å². The molecule has 0 aliphatic heterocycles. The second-order valence-electron chi connectivity index (χ2n) is 18.6. The minimum Gasteiger partial charge on any atom is -0.310 e. The van der Waals surface area contributed by atoms with Crippen LogP contribution in [0.2, 0.25) is 0 Å². The molecular weight excluding hydrogens is 879 g/mol. The van der Waals surface area contributed by atoms with Gasteiger partial charge in [0, 0.05) is 22.4 Å². The number of nitrogens with zero attached hydrogens (tertiary/aromatic N) is 1. The maximum atomic E-state index is 2.54. The van der Waals surface area contributed by atoms with Crippen molar-refractivity contribution in [2.45, 2.75) is 121 Å². The van der Waals surface area contributed by atoms with Crippen LogP contribution in [0.4, 0.5) is 17.1 Å². The van der Waals surface area contributed by atoms with Gasteiger partial charge in [-0.2, -0.15) is 0 Å². The minimum absolute atomic E-state index is 0.0643. The summed E-state index contributed by atoms with van der Waals surface area (Å²) in [5.74, 6) is 0.447. The molecule has 9 aromatic carbocycles. The summed E-state index contributed by atoms with van der Waals surface area (Å²) >= 11 is 0. The number of hydrogen-bond donors (Lipinski definition) is 0. The van der Waals surface area contributed by atoms with Crippen molar-refractivity contribution in [2.24, 2.45) is 0 Å². The zero-order valence-corrected chi connectivity index (χ0v) is 46.6. The van der Waals surface area contributed by atoms with Gasteiger partial charge in [-0.15, -0.1) is 0 Å². The Morgan fingerprint density at radius 2 is 0.849 bits per heavy atom. The molecule has 9 aromatic rings. The van der Waals surface area contributed by atoms with Crippen LogP contribution in [-0.2, 0) is 11.8 Å². The average Bonchev–Trinajstić information content (AvgIpc) is 3.57. The number of benzene rings is 9. The average molecular weight is 960 g/mol. The number of aryl methyl sites for hydroxylation is 3. The quantitative estimate of drug-likeness (QED) is 0.161. The molecule has 0 saturated heterocycles. The highest BCUT2D eigenvalue weighted by molar-refractivity contribution is 5.96. The lowest BCUT2D eigenvalue weighted by Crippen LogP contribution is -2.16. The van der Waals surface area contributed by atoms with Gasteiger partial charge >= 0.3 is 0 Å². The summed E-state index contributed by atoms with van der Waals surface area (Å²) in [6.45, 7) is 29.8. The fourth-order valence-corrected chi connectivity index (χ4v) is 10.7. The molecule has 11 rings (SSSR count). The molecule has 0 saturated carbocycles. The highest BCUT2D eigenvalue weighted by Crippen LogP contribution is 2.53. The lowest BCUT2D eigenvalue weighted by atomic mass is 9.82. The molecule has 0 fully saturated rings. The molecule has 2 aliphatic carbocycles. The standard InChI is InChI=1S/C58H51N.C6H6.4C2H6/c1-37-15-7-9-17-45(37)48-31-26-42(35-40(48)4)41-24-27-43(28-25-41)59(44-29-33-55-53(36-44)50-20-13-14-22-54(50)58(55,5)6)56-34-32-49(46-18-10-8-16-38(46)2)52-30-23-39(3)47-19-11-12-21-51(47)57(52)56;1-2-4-6-5-3-1;4*1-2/h7-22,24-29,31-36,39H,23,30H2,1-6H3;1-6H;4*1-2H3. The van der Waals surface area contributed by atoms with Crippen molar-refractivity contribution in [3.63, 3.8) is 0 Å². The molecule has 0 radical (unpaired) electrons. The first-order valence-electron chi connectivity index (χ1n) is 27.3. The fraction of sp³-hybridized carbons (Fsp3) is 0.250. The third kappa shape index (κ3) is 11.5. The van der Waals surface area contributed by atoms with Crippen LogP contribution in [-0.4, -0.2) is 0 Å². The Morgan fingerprint density at radius 1 is 0.384 bits per heavy atom. The van der Waals surface area contributed by atoms with Crippen molar-refractivity contribution in [2.75, 3.05) is 4.90 Å². The fourth-order valence-electron chi connectivity index (χ4n) is 10.7. The predicted octanol–water partition coefficient (Wildman–Crippen LogP) is 21.9. The summed E-state index contributed by atoms with van der Waals surface area (Å²) in [6, 6.07) is 75.9. The van der Waals surface area contributed by atoms with Crippen LogP contribution >= 0.6 is 0 Å². The van der Waals surface area contributed by atoms with Gasteiger partial charge in [0.2, 0.25) is 0 Å². The van der Waals surface area contributed by atoms with E-state index in [1.54, 1.807) is 0 Å². The molecule has 0 amide bonds. The topological polar surface area (TPSA) is 3.24 Å². The molecule has 1 nitrogen and oxygen atoms in total. The molecule has 1 atom stereocenters. The zero-order chi connectivity index (χ0) is 52.7. The maximum absolute atomic E-state index is 2.54. The van der Waals surface area contributed by atoms with Crippen LogP contribution in [0.1, 0.15) is 127 Å². The molecule has 1 unspecified atom stereocenters. The number of anilines is 3. The van der Waals surface area contributed by atoms with Crippen molar-refractivity contribution in [1.82, 2.24) is 0 Å². The first-order valence-corrected chi connectivity index (χ1v) is 27.3. The first kappa shape index (κ1) is 55.1. The van der Waals surface area contributed by atoms with Crippen molar-refractivity contribution in [3.05, 3.63) is 245 Å². The smallest absolute Gasteiger partial charge is 0.0543 e. The summed E-state index contributed by atoms with van der Waals surface area (Å²) in [7, 11) is 0. The third-order valence-electron chi connectivity index (χ3n) is 14.2. The van der Waals surface area contributed by atoms with E-state index in [0.29, 0.717) is 5.92 Å². The number of fused-ring (bicyclic) bond motifs is 6. The summed E-state index contributed by atoms with van der Waals surface area (Å²) in [4.78, 5) is 2.54. The lowest BCUT2D eigenvalue weighted by molar-refractivity contribution is 0.660. The van der Waals surface area contributed by atoms with Crippen LogP contribution in [0, 0.1) is 20.8 Å². The van der Waals surface area contributed by atoms with Crippen molar-refractivity contribution in [1.29, 1.82) is 0 Å². The number of rotatable bonds is 6. The molecule has 374 valence electrons. The molecule has 0 bridgehead atoms. The Kier molecular flexibility index (Phi) is 19.6. The Balaban J connectivity index is 0.000000557. The molecule has 73 heavy (non-hydrogen) atoms. The highest BCUT2D eigenvalue weighted by Gasteiger charge is 2.36. The number of hydrogen-bond acceptors (Lipinski definition) is 1. The van der Waals surface area contributed by atoms with Crippen LogP contribution in [0.3, 0.4) is 0 Å². The van der Waals surface area contributed by atoms with Gasteiger partial charge < -0.3 is 4.90 Å². The summed E-state index contributed by atoms with van der Waals surface area (Å²) < 4.78 is 0. The molecule has 0 N–H and O–H groups in total. The van der Waals surface area contributed by atoms with Gasteiger partial charge in [0.15, 0.2) is 0 Å². The van der Waals surface area contributed by atoms with E-state index in [9.17, 15) is 0 Å². The summed E-state index contributed by atoms with van der Waals surface area (Å²) in [5, 5.41) is 0. The van der Waals surface area contributed by atoms with Gasteiger partial charge in [-0.05, 0) is 159 Å². The van der Waals surface area contributed by atoms with E-state index in [0.717, 1.165) is 18.5 Å². The van der Waals surface area contributed by atoms with E-state index in [1.165, 1.54) is 106 Å². The first-order chi connectivity index (χ1) is 35.7. The van der Waals surface area contributed by atoms with Crippen LogP contribution in [0.15, 0.2) is 206 Å². The SMILES string of the molecule is CC.CC.CC.CC.Cc1ccccc1-c1ccc(-c2ccc(N(c3ccc4c(c3)-c3ccccc3C4(C)C)c3ccc(-c4ccccc4C)c4c3-c3ccccc3C(C)CC4)cc2)cc1C.c1ccccc1. The normalized spacial score (nSPS) is 12.9. The second kappa shape index (κ2) is 25.9. The summed E-state index contributed by atoms with van der Waals surface area (Å²) in [6.07, 6.45) is 2.12. The molecular formula is C72H81N. The molecule has 0 heterocycles. The van der Waals surface area contributed by atoms with Gasteiger partial charge in [0.05, 0.1) is 5.69 Å².